The molecule has 2 aliphatic rings. The van der Waals surface area contributed by atoms with E-state index < -0.39 is 0 Å². The van der Waals surface area contributed by atoms with Crippen LogP contribution in [-0.2, 0) is 4.79 Å². The van der Waals surface area contributed by atoms with Gasteiger partial charge in [-0.1, -0.05) is 0 Å². The van der Waals surface area contributed by atoms with E-state index in [1.165, 1.54) is 24.4 Å². The van der Waals surface area contributed by atoms with Gasteiger partial charge in [-0.25, -0.2) is 4.98 Å². The van der Waals surface area contributed by atoms with E-state index in [4.69, 9.17) is 0 Å². The maximum atomic E-state index is 11.6. The average molecular weight is 238 g/mol. The van der Waals surface area contributed by atoms with Crippen molar-refractivity contribution in [3.8, 4) is 0 Å². The van der Waals surface area contributed by atoms with Crippen LogP contribution in [0.2, 0.25) is 0 Å². The van der Waals surface area contributed by atoms with E-state index in [-0.39, 0.29) is 5.91 Å². The maximum absolute atomic E-state index is 11.6. The third-order valence-electron chi connectivity index (χ3n) is 3.05. The number of hydrogen-bond donors (Lipinski definition) is 0. The van der Waals surface area contributed by atoms with Gasteiger partial charge in [0.1, 0.15) is 12.4 Å². The number of hydrogen-bond acceptors (Lipinski definition) is 5. The van der Waals surface area contributed by atoms with Crippen molar-refractivity contribution in [2.45, 2.75) is 25.7 Å². The summed E-state index contributed by atoms with van der Waals surface area (Å²) in [6, 6.07) is 0. The summed E-state index contributed by atoms with van der Waals surface area (Å²) in [5.41, 5.74) is 0. The Morgan fingerprint density at radius 2 is 2.31 bits per heavy atom. The van der Waals surface area contributed by atoms with Gasteiger partial charge in [0.2, 0.25) is 11.0 Å². The molecule has 1 aromatic rings. The first-order valence-corrected chi connectivity index (χ1v) is 6.41. The Labute approximate surface area is 98.2 Å². The molecule has 0 spiro atoms. The average Bonchev–Trinajstić information content (AvgIpc) is 2.89. The van der Waals surface area contributed by atoms with Gasteiger partial charge in [0.15, 0.2) is 0 Å². The fourth-order valence-electron chi connectivity index (χ4n) is 1.86. The molecule has 0 N–H and O–H groups in total. The first-order valence-electron chi connectivity index (χ1n) is 5.64. The Kier molecular flexibility index (Phi) is 2.31. The van der Waals surface area contributed by atoms with Crippen molar-refractivity contribution in [2.75, 3.05) is 24.7 Å². The minimum absolute atomic E-state index is 0.186. The number of likely N-dealkylation sites (N-methyl/N-ethyl adjacent to an activating group) is 1. The minimum Gasteiger partial charge on any atom is -0.324 e. The molecule has 0 unspecified atom stereocenters. The van der Waals surface area contributed by atoms with Crippen LogP contribution in [0.4, 0.5) is 5.13 Å². The Morgan fingerprint density at radius 1 is 1.50 bits per heavy atom. The molecule has 0 atom stereocenters. The van der Waals surface area contributed by atoms with Gasteiger partial charge < -0.3 is 9.80 Å². The summed E-state index contributed by atoms with van der Waals surface area (Å²) in [6.07, 6.45) is 2.44. The molecule has 1 aromatic heterocycles. The second kappa shape index (κ2) is 3.69. The molecule has 0 aromatic carbocycles. The summed E-state index contributed by atoms with van der Waals surface area (Å²) in [6.45, 7) is 3.88. The summed E-state index contributed by atoms with van der Waals surface area (Å²) in [5, 5.41) is 0.895. The number of anilines is 1. The number of rotatable bonds is 3. The molecule has 6 heteroatoms. The molecule has 86 valence electrons. The quantitative estimate of drug-likeness (QED) is 0.789. The van der Waals surface area contributed by atoms with Gasteiger partial charge in [-0.05, 0) is 19.8 Å². The first kappa shape index (κ1) is 10.0. The van der Waals surface area contributed by atoms with Crippen LogP contribution in [0.1, 0.15) is 31.5 Å². The molecule has 5 nitrogen and oxygen atoms in total. The Morgan fingerprint density at radius 3 is 2.94 bits per heavy atom. The number of carbonyl (C=O) groups is 1. The molecule has 1 aliphatic heterocycles. The molecule has 1 amide bonds. The fraction of sp³-hybridized carbons (Fsp3) is 0.700. The van der Waals surface area contributed by atoms with E-state index in [1.54, 1.807) is 0 Å². The van der Waals surface area contributed by atoms with Crippen molar-refractivity contribution in [1.82, 2.24) is 14.3 Å². The van der Waals surface area contributed by atoms with Crippen LogP contribution < -0.4 is 4.90 Å². The van der Waals surface area contributed by atoms with Crippen molar-refractivity contribution in [3.63, 3.8) is 0 Å². The van der Waals surface area contributed by atoms with Gasteiger partial charge in [-0.15, -0.1) is 0 Å². The van der Waals surface area contributed by atoms with Gasteiger partial charge in [0.25, 0.3) is 0 Å². The number of carbonyl (C=O) groups excluding carboxylic acids is 1. The molecule has 2 heterocycles. The van der Waals surface area contributed by atoms with Crippen LogP contribution >= 0.6 is 11.5 Å². The van der Waals surface area contributed by atoms with Crippen LogP contribution in [-0.4, -0.2) is 39.9 Å². The lowest BCUT2D eigenvalue weighted by Gasteiger charge is -2.14. The molecular weight excluding hydrogens is 224 g/mol. The molecular formula is C10H14N4OS. The molecule has 1 aliphatic carbocycles. The van der Waals surface area contributed by atoms with E-state index in [0.29, 0.717) is 19.1 Å². The third kappa shape index (κ3) is 1.67. The second-order valence-electron chi connectivity index (χ2n) is 4.30. The van der Waals surface area contributed by atoms with E-state index in [9.17, 15) is 4.79 Å². The SMILES string of the molecule is CCN1CN(c2nc(C3CC3)ns2)CC1=O. The first-order chi connectivity index (χ1) is 7.78. The Hall–Kier alpha value is -1.17. The lowest BCUT2D eigenvalue weighted by Crippen LogP contribution is -2.26. The van der Waals surface area contributed by atoms with E-state index in [1.807, 2.05) is 16.7 Å². The fourth-order valence-corrected chi connectivity index (χ4v) is 2.60. The highest BCUT2D eigenvalue weighted by molar-refractivity contribution is 7.09. The van der Waals surface area contributed by atoms with E-state index in [2.05, 4.69) is 9.36 Å². The Bertz CT molecular complexity index is 415. The number of aromatic nitrogens is 2. The zero-order valence-electron chi connectivity index (χ0n) is 9.22. The van der Waals surface area contributed by atoms with Crippen LogP contribution in [0, 0.1) is 0 Å². The molecule has 16 heavy (non-hydrogen) atoms. The standard InChI is InChI=1S/C10H14N4OS/c1-2-13-6-14(5-8(13)15)10-11-9(12-16-10)7-3-4-7/h7H,2-6H2,1H3. The van der Waals surface area contributed by atoms with Gasteiger partial charge in [0, 0.05) is 24.0 Å². The summed E-state index contributed by atoms with van der Waals surface area (Å²) in [7, 11) is 0. The van der Waals surface area contributed by atoms with Crippen molar-refractivity contribution in [1.29, 1.82) is 0 Å². The lowest BCUT2D eigenvalue weighted by molar-refractivity contribution is -0.126. The largest absolute Gasteiger partial charge is 0.324 e. The van der Waals surface area contributed by atoms with Gasteiger partial charge in [-0.2, -0.15) is 4.37 Å². The highest BCUT2D eigenvalue weighted by Crippen LogP contribution is 2.39. The monoisotopic (exact) mass is 238 g/mol. The van der Waals surface area contributed by atoms with Gasteiger partial charge in [0.05, 0.1) is 6.67 Å². The molecule has 2 fully saturated rings. The summed E-state index contributed by atoms with van der Waals surface area (Å²) < 4.78 is 4.36. The van der Waals surface area contributed by atoms with Gasteiger partial charge in [-0.3, -0.25) is 4.79 Å². The maximum Gasteiger partial charge on any atom is 0.243 e. The molecule has 1 saturated heterocycles. The van der Waals surface area contributed by atoms with E-state index >= 15 is 0 Å². The highest BCUT2D eigenvalue weighted by atomic mass is 32.1. The predicted molar refractivity (Wildman–Crippen MR) is 61.5 cm³/mol. The van der Waals surface area contributed by atoms with Crippen molar-refractivity contribution in [3.05, 3.63) is 5.82 Å². The molecule has 1 saturated carbocycles. The van der Waals surface area contributed by atoms with Crippen molar-refractivity contribution in [2.24, 2.45) is 0 Å². The van der Waals surface area contributed by atoms with Crippen molar-refractivity contribution < 1.29 is 4.79 Å². The number of nitrogens with zero attached hydrogens (tertiary/aromatic N) is 4. The zero-order chi connectivity index (χ0) is 11.1. The van der Waals surface area contributed by atoms with Crippen molar-refractivity contribution >= 4 is 22.6 Å². The zero-order valence-corrected chi connectivity index (χ0v) is 10.0. The second-order valence-corrected chi connectivity index (χ2v) is 5.03. The Balaban J connectivity index is 1.74. The van der Waals surface area contributed by atoms with Crippen LogP contribution in [0.5, 0.6) is 0 Å². The van der Waals surface area contributed by atoms with Gasteiger partial charge >= 0.3 is 0 Å². The minimum atomic E-state index is 0.186. The highest BCUT2D eigenvalue weighted by Gasteiger charge is 2.31. The van der Waals surface area contributed by atoms with Crippen LogP contribution in [0.3, 0.4) is 0 Å². The molecule has 3 rings (SSSR count). The summed E-state index contributed by atoms with van der Waals surface area (Å²) >= 11 is 1.42. The topological polar surface area (TPSA) is 49.3 Å². The molecule has 0 radical (unpaired) electrons. The smallest absolute Gasteiger partial charge is 0.243 e. The normalized spacial score (nSPS) is 20.9. The molecule has 0 bridgehead atoms. The van der Waals surface area contributed by atoms with Crippen LogP contribution in [0.25, 0.3) is 0 Å². The number of amides is 1. The summed E-state index contributed by atoms with van der Waals surface area (Å²) in [4.78, 5) is 19.9. The third-order valence-corrected chi connectivity index (χ3v) is 3.84. The lowest BCUT2D eigenvalue weighted by atomic mass is 10.4. The predicted octanol–water partition coefficient (Wildman–Crippen LogP) is 1.04. The summed E-state index contributed by atoms with van der Waals surface area (Å²) in [5.74, 6) is 1.75. The van der Waals surface area contributed by atoms with E-state index in [0.717, 1.165) is 17.5 Å². The van der Waals surface area contributed by atoms with Crippen LogP contribution in [0.15, 0.2) is 0 Å².